The first-order valence-electron chi connectivity index (χ1n) is 8.80. The number of aryl methyl sites for hydroxylation is 1. The zero-order valence-electron chi connectivity index (χ0n) is 15.6. The van der Waals surface area contributed by atoms with E-state index in [9.17, 15) is 4.79 Å². The smallest absolute Gasteiger partial charge is 0.279 e. The summed E-state index contributed by atoms with van der Waals surface area (Å²) < 4.78 is 2.93. The number of pyridine rings is 1. The SMILES string of the molecule is Cc1nc2ccccn2c1C(=O)N(CCN(C)C)c1nc2ccccc2s1. The van der Waals surface area contributed by atoms with E-state index in [1.54, 1.807) is 4.90 Å². The molecule has 0 aliphatic heterocycles. The van der Waals surface area contributed by atoms with Gasteiger partial charge in [0.25, 0.3) is 5.91 Å². The van der Waals surface area contributed by atoms with Crippen LogP contribution in [0.2, 0.25) is 0 Å². The van der Waals surface area contributed by atoms with E-state index in [0.717, 1.165) is 28.1 Å². The summed E-state index contributed by atoms with van der Waals surface area (Å²) in [6, 6.07) is 13.7. The highest BCUT2D eigenvalue weighted by atomic mass is 32.1. The van der Waals surface area contributed by atoms with E-state index in [0.29, 0.717) is 17.4 Å². The van der Waals surface area contributed by atoms with Crippen LogP contribution in [0.25, 0.3) is 15.9 Å². The molecule has 0 aliphatic rings. The monoisotopic (exact) mass is 379 g/mol. The number of imidazole rings is 1. The molecule has 0 fully saturated rings. The third kappa shape index (κ3) is 3.31. The van der Waals surface area contributed by atoms with Gasteiger partial charge in [-0.1, -0.05) is 29.5 Å². The van der Waals surface area contributed by atoms with Gasteiger partial charge in [-0.3, -0.25) is 14.1 Å². The summed E-state index contributed by atoms with van der Waals surface area (Å²) in [5.74, 6) is -0.0768. The fourth-order valence-corrected chi connectivity index (χ4v) is 4.05. The lowest BCUT2D eigenvalue weighted by molar-refractivity contribution is 0.0979. The Morgan fingerprint density at radius 1 is 1.07 bits per heavy atom. The van der Waals surface area contributed by atoms with Gasteiger partial charge in [0.05, 0.1) is 15.9 Å². The van der Waals surface area contributed by atoms with E-state index in [1.165, 1.54) is 11.3 Å². The highest BCUT2D eigenvalue weighted by Gasteiger charge is 2.26. The van der Waals surface area contributed by atoms with Crippen LogP contribution in [0, 0.1) is 6.92 Å². The second-order valence-corrected chi connectivity index (χ2v) is 7.71. The van der Waals surface area contributed by atoms with E-state index >= 15 is 0 Å². The van der Waals surface area contributed by atoms with Crippen LogP contribution in [0.5, 0.6) is 0 Å². The lowest BCUT2D eigenvalue weighted by Crippen LogP contribution is -2.37. The van der Waals surface area contributed by atoms with Gasteiger partial charge < -0.3 is 4.90 Å². The van der Waals surface area contributed by atoms with Gasteiger partial charge in [0.1, 0.15) is 11.3 Å². The average Bonchev–Trinajstić information content (AvgIpc) is 3.21. The lowest BCUT2D eigenvalue weighted by Gasteiger charge is -2.22. The van der Waals surface area contributed by atoms with E-state index < -0.39 is 0 Å². The largest absolute Gasteiger partial charge is 0.308 e. The zero-order valence-corrected chi connectivity index (χ0v) is 16.4. The second-order valence-electron chi connectivity index (χ2n) is 6.70. The van der Waals surface area contributed by atoms with Gasteiger partial charge in [0.15, 0.2) is 5.13 Å². The first-order valence-corrected chi connectivity index (χ1v) is 9.62. The minimum atomic E-state index is -0.0768. The maximum absolute atomic E-state index is 13.5. The summed E-state index contributed by atoms with van der Waals surface area (Å²) >= 11 is 1.54. The van der Waals surface area contributed by atoms with Crippen LogP contribution in [0.1, 0.15) is 16.2 Å². The van der Waals surface area contributed by atoms with Gasteiger partial charge in [-0.2, -0.15) is 0 Å². The van der Waals surface area contributed by atoms with E-state index in [1.807, 2.05) is 74.1 Å². The molecule has 0 radical (unpaired) electrons. The molecular weight excluding hydrogens is 358 g/mol. The minimum absolute atomic E-state index is 0.0768. The number of nitrogens with zero attached hydrogens (tertiary/aromatic N) is 5. The normalized spacial score (nSPS) is 11.6. The van der Waals surface area contributed by atoms with Crippen molar-refractivity contribution in [3.8, 4) is 0 Å². The quantitative estimate of drug-likeness (QED) is 0.533. The molecule has 0 bridgehead atoms. The Hall–Kier alpha value is -2.77. The number of amides is 1. The molecule has 3 aromatic heterocycles. The molecule has 7 heteroatoms. The third-order valence-corrected chi connectivity index (χ3v) is 5.50. The first kappa shape index (κ1) is 17.6. The molecule has 0 saturated heterocycles. The lowest BCUT2D eigenvalue weighted by atomic mass is 10.3. The van der Waals surface area contributed by atoms with Crippen LogP contribution in [0.4, 0.5) is 5.13 Å². The van der Waals surface area contributed by atoms with Crippen molar-refractivity contribution in [1.82, 2.24) is 19.3 Å². The number of carbonyl (C=O) groups is 1. The minimum Gasteiger partial charge on any atom is -0.308 e. The summed E-state index contributed by atoms with van der Waals surface area (Å²) in [5, 5.41) is 0.716. The van der Waals surface area contributed by atoms with Gasteiger partial charge in [-0.25, -0.2) is 9.97 Å². The molecule has 0 aliphatic carbocycles. The van der Waals surface area contributed by atoms with Crippen molar-refractivity contribution < 1.29 is 4.79 Å². The maximum Gasteiger partial charge on any atom is 0.279 e. The van der Waals surface area contributed by atoms with Crippen LogP contribution >= 0.6 is 11.3 Å². The van der Waals surface area contributed by atoms with Crippen molar-refractivity contribution in [2.75, 3.05) is 32.1 Å². The Labute approximate surface area is 161 Å². The van der Waals surface area contributed by atoms with Crippen LogP contribution < -0.4 is 4.90 Å². The number of fused-ring (bicyclic) bond motifs is 2. The number of hydrogen-bond donors (Lipinski definition) is 0. The van der Waals surface area contributed by atoms with Gasteiger partial charge in [0.2, 0.25) is 0 Å². The predicted molar refractivity (Wildman–Crippen MR) is 110 cm³/mol. The Morgan fingerprint density at radius 2 is 1.85 bits per heavy atom. The van der Waals surface area contributed by atoms with Crippen molar-refractivity contribution in [3.05, 3.63) is 60.0 Å². The van der Waals surface area contributed by atoms with Gasteiger partial charge in [-0.05, 0) is 45.3 Å². The summed E-state index contributed by atoms with van der Waals surface area (Å²) in [5.41, 5.74) is 3.00. The molecule has 0 atom stereocenters. The van der Waals surface area contributed by atoms with Crippen molar-refractivity contribution in [1.29, 1.82) is 0 Å². The van der Waals surface area contributed by atoms with E-state index in [-0.39, 0.29) is 5.91 Å². The fraction of sp³-hybridized carbons (Fsp3) is 0.250. The summed E-state index contributed by atoms with van der Waals surface area (Å²) in [6.45, 7) is 3.19. The predicted octanol–water partition coefficient (Wildman–Crippen LogP) is 3.46. The Balaban J connectivity index is 1.79. The molecule has 6 nitrogen and oxygen atoms in total. The van der Waals surface area contributed by atoms with Crippen LogP contribution in [0.15, 0.2) is 48.7 Å². The third-order valence-electron chi connectivity index (χ3n) is 4.44. The van der Waals surface area contributed by atoms with Crippen molar-refractivity contribution in [3.63, 3.8) is 0 Å². The molecule has 1 aromatic carbocycles. The molecule has 0 unspecified atom stereocenters. The number of anilines is 1. The highest BCUT2D eigenvalue weighted by Crippen LogP contribution is 2.30. The number of carbonyl (C=O) groups excluding carboxylic acids is 1. The molecule has 138 valence electrons. The van der Waals surface area contributed by atoms with E-state index in [4.69, 9.17) is 4.98 Å². The van der Waals surface area contributed by atoms with Crippen molar-refractivity contribution in [2.24, 2.45) is 0 Å². The molecule has 4 aromatic rings. The van der Waals surface area contributed by atoms with Crippen molar-refractivity contribution in [2.45, 2.75) is 6.92 Å². The first-order chi connectivity index (χ1) is 13.0. The zero-order chi connectivity index (χ0) is 19.0. The Morgan fingerprint density at radius 3 is 2.63 bits per heavy atom. The van der Waals surface area contributed by atoms with Gasteiger partial charge in [0, 0.05) is 19.3 Å². The number of rotatable bonds is 5. The summed E-state index contributed by atoms with van der Waals surface area (Å²) in [7, 11) is 4.00. The molecule has 3 heterocycles. The number of hydrogen-bond acceptors (Lipinski definition) is 5. The number of likely N-dealkylation sites (N-methyl/N-ethyl adjacent to an activating group) is 1. The Bertz CT molecular complexity index is 1080. The highest BCUT2D eigenvalue weighted by molar-refractivity contribution is 7.22. The van der Waals surface area contributed by atoms with Crippen LogP contribution in [0.3, 0.4) is 0 Å². The molecule has 27 heavy (non-hydrogen) atoms. The van der Waals surface area contributed by atoms with E-state index in [2.05, 4.69) is 9.88 Å². The molecular formula is C20H21N5OS. The number of benzene rings is 1. The second kappa shape index (κ2) is 7.09. The summed E-state index contributed by atoms with van der Waals surface area (Å²) in [6.07, 6.45) is 1.88. The molecule has 1 amide bonds. The standard InChI is InChI=1S/C20H21N5OS/c1-14-18(24-11-7-6-10-17(24)21-14)19(26)25(13-12-23(2)3)20-22-15-8-4-5-9-16(15)27-20/h4-11H,12-13H2,1-3H3. The molecule has 0 saturated carbocycles. The van der Waals surface area contributed by atoms with Gasteiger partial charge in [-0.15, -0.1) is 0 Å². The fourth-order valence-electron chi connectivity index (χ4n) is 3.06. The van der Waals surface area contributed by atoms with Crippen molar-refractivity contribution >= 4 is 38.2 Å². The van der Waals surface area contributed by atoms with Crippen LogP contribution in [-0.4, -0.2) is 52.4 Å². The number of thiazole rings is 1. The number of para-hydroxylation sites is 1. The maximum atomic E-state index is 13.5. The summed E-state index contributed by atoms with van der Waals surface area (Å²) in [4.78, 5) is 26.6. The van der Waals surface area contributed by atoms with Crippen LogP contribution in [-0.2, 0) is 0 Å². The van der Waals surface area contributed by atoms with Gasteiger partial charge >= 0.3 is 0 Å². The topological polar surface area (TPSA) is 53.7 Å². The molecule has 4 rings (SSSR count). The average molecular weight is 379 g/mol. The molecule has 0 spiro atoms. The number of aromatic nitrogens is 3. The molecule has 0 N–H and O–H groups in total. The Kier molecular flexibility index (Phi) is 4.63.